The van der Waals surface area contributed by atoms with E-state index in [-0.39, 0.29) is 28.8 Å². The number of nitrogens with one attached hydrogen (secondary N) is 2. The Morgan fingerprint density at radius 2 is 1.82 bits per heavy atom. The lowest BCUT2D eigenvalue weighted by molar-refractivity contribution is -0.126. The number of halogens is 1. The normalized spacial score (nSPS) is 26.9. The molecule has 0 radical (unpaired) electrons. The highest BCUT2D eigenvalue weighted by molar-refractivity contribution is 6.31. The first kappa shape index (κ1) is 32.4. The molecule has 4 atom stereocenters. The van der Waals surface area contributed by atoms with Gasteiger partial charge in [0.15, 0.2) is 0 Å². The zero-order valence-electron chi connectivity index (χ0n) is 23.5. The minimum Gasteiger partial charge on any atom is -0.412 e. The Morgan fingerprint density at radius 1 is 1.08 bits per heavy atom. The molecule has 38 heavy (non-hydrogen) atoms. The number of amides is 1. The predicted molar refractivity (Wildman–Crippen MR) is 159 cm³/mol. The van der Waals surface area contributed by atoms with Crippen molar-refractivity contribution < 1.29 is 15.7 Å². The fourth-order valence-corrected chi connectivity index (χ4v) is 6.43. The smallest absolute Gasteiger partial charge is 0.223 e. The average molecular weight is 548 g/mol. The first-order valence-corrected chi connectivity index (χ1v) is 14.7. The van der Waals surface area contributed by atoms with Crippen LogP contribution < -0.4 is 10.6 Å². The second-order valence-electron chi connectivity index (χ2n) is 11.4. The Balaban J connectivity index is 0.00000253. The van der Waals surface area contributed by atoms with Gasteiger partial charge in [-0.2, -0.15) is 0 Å². The standard InChI is InChI=1S/C31H46ClN3O.2H2O/c1-4-33-29-11-6-5-10-28(29)25-8-7-9-26(20-25)31(36)34-30(22(2)3)21-35-18-16-24(17-19-35)23-12-14-27(32)15-13-23;;/h7-8,10-12,14-15,22-26,30,33H,4-6,9,13,16-21H2,1-3H3,(H,34,36);2*1H2/t23?,25?,26?,30-;;/m0../s1. The van der Waals surface area contributed by atoms with Crippen molar-refractivity contribution in [3.05, 3.63) is 58.8 Å². The van der Waals surface area contributed by atoms with Gasteiger partial charge in [0.25, 0.3) is 0 Å². The quantitative estimate of drug-likeness (QED) is 0.409. The topological polar surface area (TPSA) is 107 Å². The number of carbonyl (C=O) groups excluding carboxylic acids is 1. The molecule has 0 aromatic heterocycles. The highest BCUT2D eigenvalue weighted by Crippen LogP contribution is 2.35. The van der Waals surface area contributed by atoms with Gasteiger partial charge in [0.1, 0.15) is 0 Å². The molecule has 6 nitrogen and oxygen atoms in total. The van der Waals surface area contributed by atoms with E-state index in [1.165, 1.54) is 24.1 Å². The third-order valence-corrected chi connectivity index (χ3v) is 8.85. The zero-order chi connectivity index (χ0) is 25.5. The van der Waals surface area contributed by atoms with Crippen LogP contribution in [-0.4, -0.2) is 54.0 Å². The Hall–Kier alpha value is -1.86. The maximum absolute atomic E-state index is 13.4. The van der Waals surface area contributed by atoms with E-state index in [4.69, 9.17) is 11.6 Å². The van der Waals surface area contributed by atoms with Crippen molar-refractivity contribution in [2.24, 2.45) is 29.6 Å². The van der Waals surface area contributed by atoms with Crippen LogP contribution in [-0.2, 0) is 4.79 Å². The summed E-state index contributed by atoms with van der Waals surface area (Å²) in [5, 5.41) is 7.89. The van der Waals surface area contributed by atoms with Gasteiger partial charge in [0.05, 0.1) is 0 Å². The molecule has 3 aliphatic carbocycles. The lowest BCUT2D eigenvalue weighted by atomic mass is 9.79. The van der Waals surface area contributed by atoms with Gasteiger partial charge in [-0.25, -0.2) is 0 Å². The summed E-state index contributed by atoms with van der Waals surface area (Å²) in [6.45, 7) is 10.7. The highest BCUT2D eigenvalue weighted by atomic mass is 35.5. The number of hydrogen-bond donors (Lipinski definition) is 2. The number of nitrogens with zero attached hydrogens (tertiary/aromatic N) is 1. The lowest BCUT2D eigenvalue weighted by Gasteiger charge is -2.38. The molecule has 6 N–H and O–H groups in total. The van der Waals surface area contributed by atoms with Gasteiger partial charge in [-0.15, -0.1) is 0 Å². The lowest BCUT2D eigenvalue weighted by Crippen LogP contribution is -2.50. The monoisotopic (exact) mass is 547 g/mol. The molecule has 0 aromatic carbocycles. The SMILES string of the molecule is CCNC1=CCCC=C1C1C=CCC(C(=O)N[C@@H](CN2CCC(C3C=CC(Cl)=CC3)CC2)C(C)C)C1.O.O. The maximum atomic E-state index is 13.4. The van der Waals surface area contributed by atoms with Crippen LogP contribution in [0.2, 0.25) is 0 Å². The number of piperidine rings is 1. The van der Waals surface area contributed by atoms with Crippen LogP contribution >= 0.6 is 11.6 Å². The van der Waals surface area contributed by atoms with Crippen molar-refractivity contribution >= 4 is 17.5 Å². The predicted octanol–water partition coefficient (Wildman–Crippen LogP) is 4.68. The molecule has 3 unspecified atom stereocenters. The van der Waals surface area contributed by atoms with E-state index in [1.54, 1.807) is 0 Å². The van der Waals surface area contributed by atoms with Crippen LogP contribution in [0.15, 0.2) is 58.8 Å². The van der Waals surface area contributed by atoms with Crippen molar-refractivity contribution in [1.29, 1.82) is 0 Å². The van der Waals surface area contributed by atoms with E-state index in [1.807, 2.05) is 0 Å². The van der Waals surface area contributed by atoms with Gasteiger partial charge < -0.3 is 26.5 Å². The van der Waals surface area contributed by atoms with Crippen LogP contribution in [0.4, 0.5) is 0 Å². The Kier molecular flexibility index (Phi) is 13.3. The second kappa shape index (κ2) is 15.7. The minimum absolute atomic E-state index is 0. The van der Waals surface area contributed by atoms with E-state index < -0.39 is 0 Å². The summed E-state index contributed by atoms with van der Waals surface area (Å²) in [4.78, 5) is 16.0. The van der Waals surface area contributed by atoms with Crippen LogP contribution in [0, 0.1) is 29.6 Å². The molecule has 0 aromatic rings. The van der Waals surface area contributed by atoms with Crippen molar-refractivity contribution in [2.75, 3.05) is 26.2 Å². The molecule has 1 saturated heterocycles. The molecule has 0 bridgehead atoms. The van der Waals surface area contributed by atoms with Crippen LogP contribution in [0.1, 0.15) is 65.7 Å². The number of likely N-dealkylation sites (tertiary alicyclic amines) is 1. The third kappa shape index (κ3) is 8.57. The van der Waals surface area contributed by atoms with Crippen molar-refractivity contribution in [3.63, 3.8) is 0 Å². The molecular weight excluding hydrogens is 498 g/mol. The first-order valence-electron chi connectivity index (χ1n) is 14.3. The molecule has 214 valence electrons. The van der Waals surface area contributed by atoms with Crippen LogP contribution in [0.5, 0.6) is 0 Å². The van der Waals surface area contributed by atoms with Crippen LogP contribution in [0.3, 0.4) is 0 Å². The van der Waals surface area contributed by atoms with Gasteiger partial charge in [0.2, 0.25) is 5.91 Å². The number of hydrogen-bond acceptors (Lipinski definition) is 3. The first-order chi connectivity index (χ1) is 17.4. The molecule has 0 spiro atoms. The zero-order valence-corrected chi connectivity index (χ0v) is 24.3. The van der Waals surface area contributed by atoms with Crippen molar-refractivity contribution in [3.8, 4) is 0 Å². The van der Waals surface area contributed by atoms with E-state index in [0.717, 1.165) is 69.2 Å². The number of rotatable bonds is 9. The minimum atomic E-state index is 0. The molecule has 4 rings (SSSR count). The summed E-state index contributed by atoms with van der Waals surface area (Å²) in [6, 6.07) is 0.195. The summed E-state index contributed by atoms with van der Waals surface area (Å²) >= 11 is 6.11. The van der Waals surface area contributed by atoms with Gasteiger partial charge >= 0.3 is 0 Å². The molecule has 4 aliphatic rings. The fraction of sp³-hybridized carbons (Fsp3) is 0.645. The van der Waals surface area contributed by atoms with Crippen LogP contribution in [0.25, 0.3) is 0 Å². The van der Waals surface area contributed by atoms with Crippen molar-refractivity contribution in [1.82, 2.24) is 15.5 Å². The Bertz CT molecular complexity index is 915. The van der Waals surface area contributed by atoms with E-state index >= 15 is 0 Å². The molecule has 1 aliphatic heterocycles. The van der Waals surface area contributed by atoms with Gasteiger partial charge in [-0.1, -0.05) is 61.9 Å². The maximum Gasteiger partial charge on any atom is 0.223 e. The molecular formula is C31H50ClN3O3. The summed E-state index contributed by atoms with van der Waals surface area (Å²) in [5.74, 6) is 2.40. The molecule has 0 saturated carbocycles. The summed E-state index contributed by atoms with van der Waals surface area (Å²) in [5.41, 5.74) is 2.65. The van der Waals surface area contributed by atoms with Gasteiger partial charge in [0, 0.05) is 41.7 Å². The molecule has 1 amide bonds. The van der Waals surface area contributed by atoms with Crippen molar-refractivity contribution in [2.45, 2.75) is 71.8 Å². The highest BCUT2D eigenvalue weighted by Gasteiger charge is 2.31. The largest absolute Gasteiger partial charge is 0.412 e. The van der Waals surface area contributed by atoms with E-state index in [0.29, 0.717) is 17.8 Å². The Labute approximate surface area is 235 Å². The van der Waals surface area contributed by atoms with E-state index in [2.05, 4.69) is 78.8 Å². The summed E-state index contributed by atoms with van der Waals surface area (Å²) in [6.07, 6.45) is 23.3. The molecule has 1 fully saturated rings. The fourth-order valence-electron chi connectivity index (χ4n) is 6.27. The molecule has 1 heterocycles. The number of allylic oxidation sites excluding steroid dienone is 9. The number of likely N-dealkylation sites (N-methyl/N-ethyl adjacent to an activating group) is 1. The van der Waals surface area contributed by atoms with E-state index in [9.17, 15) is 4.79 Å². The second-order valence-corrected chi connectivity index (χ2v) is 11.9. The number of carbonyl (C=O) groups is 1. The molecule has 7 heteroatoms. The Morgan fingerprint density at radius 3 is 2.47 bits per heavy atom. The third-order valence-electron chi connectivity index (χ3n) is 8.57. The van der Waals surface area contributed by atoms with Gasteiger partial charge in [-0.05, 0) is 94.4 Å². The van der Waals surface area contributed by atoms with Gasteiger partial charge in [-0.3, -0.25) is 4.79 Å². The summed E-state index contributed by atoms with van der Waals surface area (Å²) < 4.78 is 0. The summed E-state index contributed by atoms with van der Waals surface area (Å²) in [7, 11) is 0. The average Bonchev–Trinajstić information content (AvgIpc) is 2.90.